The molecular formula is C12H15ClFNO. The number of carbonyl (C=O) groups is 1. The topological polar surface area (TPSA) is 29.1 Å². The molecule has 88 valence electrons. The van der Waals surface area contributed by atoms with E-state index in [4.69, 9.17) is 11.6 Å². The number of benzene rings is 1. The highest BCUT2D eigenvalue weighted by atomic mass is 35.5. The van der Waals surface area contributed by atoms with Crippen LogP contribution in [0, 0.1) is 11.7 Å². The highest BCUT2D eigenvalue weighted by Crippen LogP contribution is 2.14. The van der Waals surface area contributed by atoms with E-state index >= 15 is 0 Å². The first-order valence-corrected chi connectivity index (χ1v) is 5.70. The normalized spacial score (nSPS) is 14.2. The minimum atomic E-state index is -0.302. The van der Waals surface area contributed by atoms with Crippen molar-refractivity contribution in [2.75, 3.05) is 5.88 Å². The average Bonchev–Trinajstić information content (AvgIpc) is 2.27. The summed E-state index contributed by atoms with van der Waals surface area (Å²) in [5.74, 6) is -0.379. The first-order valence-electron chi connectivity index (χ1n) is 5.16. The summed E-state index contributed by atoms with van der Waals surface area (Å²) in [6, 6.07) is 5.97. The first kappa shape index (κ1) is 13.0. The Kier molecular flexibility index (Phi) is 4.74. The van der Waals surface area contributed by atoms with Crippen molar-refractivity contribution < 1.29 is 9.18 Å². The molecule has 1 N–H and O–H groups in total. The number of amides is 1. The minimum absolute atomic E-state index is 0.119. The molecule has 0 aliphatic heterocycles. The van der Waals surface area contributed by atoms with Crippen LogP contribution in [0.15, 0.2) is 24.3 Å². The lowest BCUT2D eigenvalue weighted by molar-refractivity contribution is -0.124. The zero-order chi connectivity index (χ0) is 12.1. The molecule has 4 heteroatoms. The number of hydrogen-bond acceptors (Lipinski definition) is 1. The lowest BCUT2D eigenvalue weighted by atomic mass is 10.1. The number of alkyl halides is 1. The van der Waals surface area contributed by atoms with Gasteiger partial charge in [0.25, 0.3) is 0 Å². The van der Waals surface area contributed by atoms with Crippen molar-refractivity contribution in [2.24, 2.45) is 5.92 Å². The Morgan fingerprint density at radius 1 is 1.50 bits per heavy atom. The van der Waals surface area contributed by atoms with E-state index in [9.17, 15) is 9.18 Å². The Labute approximate surface area is 99.8 Å². The van der Waals surface area contributed by atoms with Gasteiger partial charge in [-0.15, -0.1) is 11.6 Å². The van der Waals surface area contributed by atoms with Crippen LogP contribution in [-0.2, 0) is 4.79 Å². The van der Waals surface area contributed by atoms with Crippen molar-refractivity contribution in [3.05, 3.63) is 35.6 Å². The summed E-state index contributed by atoms with van der Waals surface area (Å²) in [6.45, 7) is 3.56. The highest BCUT2D eigenvalue weighted by molar-refractivity contribution is 6.19. The molecule has 0 bridgehead atoms. The number of hydrogen-bond donors (Lipinski definition) is 1. The quantitative estimate of drug-likeness (QED) is 0.810. The Balaban J connectivity index is 2.65. The molecule has 2 nitrogen and oxygen atoms in total. The molecule has 0 aromatic heterocycles. The zero-order valence-electron chi connectivity index (χ0n) is 9.34. The van der Waals surface area contributed by atoms with Crippen molar-refractivity contribution in [3.63, 3.8) is 0 Å². The lowest BCUT2D eigenvalue weighted by Gasteiger charge is -2.16. The van der Waals surface area contributed by atoms with Crippen LogP contribution in [0.1, 0.15) is 25.5 Å². The van der Waals surface area contributed by atoms with E-state index in [1.807, 2.05) is 6.92 Å². The van der Waals surface area contributed by atoms with Crippen molar-refractivity contribution in [3.8, 4) is 0 Å². The maximum atomic E-state index is 13.0. The lowest BCUT2D eigenvalue weighted by Crippen LogP contribution is -2.32. The van der Waals surface area contributed by atoms with Gasteiger partial charge in [-0.25, -0.2) is 4.39 Å². The van der Waals surface area contributed by atoms with Gasteiger partial charge >= 0.3 is 0 Å². The third-order valence-corrected chi connectivity index (χ3v) is 2.85. The standard InChI is InChI=1S/C12H15ClFNO/c1-8(7-13)12(16)15-9(2)10-4-3-5-11(14)6-10/h3-6,8-9H,7H2,1-2H3,(H,15,16)/t8?,9-/m1/s1. The third-order valence-electron chi connectivity index (χ3n) is 2.39. The Hall–Kier alpha value is -1.09. The summed E-state index contributed by atoms with van der Waals surface area (Å²) in [5, 5.41) is 2.78. The molecule has 0 aliphatic rings. The predicted octanol–water partition coefficient (Wildman–Crippen LogP) is 2.88. The summed E-state index contributed by atoms with van der Waals surface area (Å²) in [4.78, 5) is 11.6. The van der Waals surface area contributed by atoms with E-state index in [0.717, 1.165) is 5.56 Å². The van der Waals surface area contributed by atoms with E-state index in [0.29, 0.717) is 0 Å². The van der Waals surface area contributed by atoms with Gasteiger partial charge in [0.2, 0.25) is 5.91 Å². The molecule has 1 aromatic carbocycles. The van der Waals surface area contributed by atoms with E-state index in [1.54, 1.807) is 19.1 Å². The summed E-state index contributed by atoms with van der Waals surface area (Å²) in [7, 11) is 0. The van der Waals surface area contributed by atoms with E-state index in [-0.39, 0.29) is 29.6 Å². The molecular weight excluding hydrogens is 229 g/mol. The molecule has 0 radical (unpaired) electrons. The van der Waals surface area contributed by atoms with Crippen molar-refractivity contribution in [2.45, 2.75) is 19.9 Å². The van der Waals surface area contributed by atoms with Crippen LogP contribution in [0.5, 0.6) is 0 Å². The van der Waals surface area contributed by atoms with Gasteiger partial charge in [-0.1, -0.05) is 19.1 Å². The van der Waals surface area contributed by atoms with Gasteiger partial charge in [0.1, 0.15) is 5.82 Å². The summed E-state index contributed by atoms with van der Waals surface area (Å²) >= 11 is 5.58. The van der Waals surface area contributed by atoms with Crippen molar-refractivity contribution >= 4 is 17.5 Å². The van der Waals surface area contributed by atoms with Crippen LogP contribution in [0.3, 0.4) is 0 Å². The SMILES string of the molecule is CC(CCl)C(=O)N[C@H](C)c1cccc(F)c1. The van der Waals surface area contributed by atoms with Gasteiger partial charge in [-0.05, 0) is 24.6 Å². The van der Waals surface area contributed by atoms with Crippen molar-refractivity contribution in [1.82, 2.24) is 5.32 Å². The number of nitrogens with one attached hydrogen (secondary N) is 1. The fraction of sp³-hybridized carbons (Fsp3) is 0.417. The highest BCUT2D eigenvalue weighted by Gasteiger charge is 2.15. The smallest absolute Gasteiger partial charge is 0.224 e. The minimum Gasteiger partial charge on any atom is -0.349 e. The Morgan fingerprint density at radius 3 is 2.75 bits per heavy atom. The second kappa shape index (κ2) is 5.85. The molecule has 0 saturated heterocycles. The van der Waals surface area contributed by atoms with Crippen LogP contribution < -0.4 is 5.32 Å². The first-order chi connectivity index (χ1) is 7.54. The molecule has 0 heterocycles. The van der Waals surface area contributed by atoms with Crippen LogP contribution in [0.25, 0.3) is 0 Å². The summed E-state index contributed by atoms with van der Waals surface area (Å²) in [5.41, 5.74) is 0.745. The van der Waals surface area contributed by atoms with Gasteiger partial charge in [0.05, 0.1) is 6.04 Å². The van der Waals surface area contributed by atoms with Crippen LogP contribution in [-0.4, -0.2) is 11.8 Å². The second-order valence-corrected chi connectivity index (χ2v) is 4.15. The number of halogens is 2. The van der Waals surface area contributed by atoms with Gasteiger partial charge < -0.3 is 5.32 Å². The number of carbonyl (C=O) groups excluding carboxylic acids is 1. The molecule has 0 saturated carbocycles. The monoisotopic (exact) mass is 243 g/mol. The zero-order valence-corrected chi connectivity index (χ0v) is 10.1. The molecule has 1 unspecified atom stereocenters. The Bertz CT molecular complexity index is 370. The molecule has 16 heavy (non-hydrogen) atoms. The van der Waals surface area contributed by atoms with Gasteiger partial charge in [-0.3, -0.25) is 4.79 Å². The number of rotatable bonds is 4. The third kappa shape index (κ3) is 3.49. The molecule has 0 aliphatic carbocycles. The van der Waals surface area contributed by atoms with E-state index in [1.165, 1.54) is 12.1 Å². The molecule has 1 rings (SSSR count). The molecule has 0 fully saturated rings. The van der Waals surface area contributed by atoms with Crippen LogP contribution in [0.4, 0.5) is 4.39 Å². The van der Waals surface area contributed by atoms with E-state index in [2.05, 4.69) is 5.32 Å². The maximum Gasteiger partial charge on any atom is 0.224 e. The fourth-order valence-corrected chi connectivity index (χ4v) is 1.43. The molecule has 2 atom stereocenters. The molecule has 1 aromatic rings. The summed E-state index contributed by atoms with van der Waals surface area (Å²) in [6.07, 6.45) is 0. The van der Waals surface area contributed by atoms with Gasteiger partial charge in [0.15, 0.2) is 0 Å². The largest absolute Gasteiger partial charge is 0.349 e. The summed E-state index contributed by atoms with van der Waals surface area (Å²) < 4.78 is 13.0. The molecule has 0 spiro atoms. The second-order valence-electron chi connectivity index (χ2n) is 3.84. The van der Waals surface area contributed by atoms with Gasteiger partial charge in [-0.2, -0.15) is 0 Å². The molecule has 1 amide bonds. The fourth-order valence-electron chi connectivity index (χ4n) is 1.28. The van der Waals surface area contributed by atoms with Crippen LogP contribution >= 0.6 is 11.6 Å². The average molecular weight is 244 g/mol. The predicted molar refractivity (Wildman–Crippen MR) is 62.8 cm³/mol. The van der Waals surface area contributed by atoms with E-state index < -0.39 is 0 Å². The van der Waals surface area contributed by atoms with Crippen molar-refractivity contribution in [1.29, 1.82) is 0 Å². The van der Waals surface area contributed by atoms with Gasteiger partial charge in [0, 0.05) is 11.8 Å². The Morgan fingerprint density at radius 2 is 2.19 bits per heavy atom. The van der Waals surface area contributed by atoms with Crippen LogP contribution in [0.2, 0.25) is 0 Å². The maximum absolute atomic E-state index is 13.0.